The van der Waals surface area contributed by atoms with Gasteiger partial charge in [-0.05, 0) is 45.4 Å². The van der Waals surface area contributed by atoms with Crippen molar-refractivity contribution in [3.8, 4) is 0 Å². The number of thioether (sulfide) groups is 1. The lowest BCUT2D eigenvalue weighted by molar-refractivity contribution is -0.129. The maximum absolute atomic E-state index is 12.1. The number of aliphatic hydroxyl groups excluding tert-OH is 1. The lowest BCUT2D eigenvalue weighted by Gasteiger charge is -2.22. The number of aliphatic hydroxyl groups is 1. The van der Waals surface area contributed by atoms with Gasteiger partial charge in [-0.15, -0.1) is 11.8 Å². The molecule has 106 valence electrons. The fourth-order valence-corrected chi connectivity index (χ4v) is 2.82. The van der Waals surface area contributed by atoms with Crippen molar-refractivity contribution in [1.82, 2.24) is 4.90 Å². The van der Waals surface area contributed by atoms with E-state index in [2.05, 4.69) is 0 Å². The second kappa shape index (κ2) is 7.56. The van der Waals surface area contributed by atoms with Crippen molar-refractivity contribution in [2.75, 3.05) is 13.1 Å². The zero-order chi connectivity index (χ0) is 14.4. The van der Waals surface area contributed by atoms with Gasteiger partial charge >= 0.3 is 0 Å². The molecule has 0 spiro atoms. The summed E-state index contributed by atoms with van der Waals surface area (Å²) in [6.45, 7) is 9.18. The van der Waals surface area contributed by atoms with Crippen LogP contribution in [0.3, 0.4) is 0 Å². The molecule has 1 aromatic rings. The summed E-state index contributed by atoms with van der Waals surface area (Å²) in [4.78, 5) is 15.1. The molecule has 3 nitrogen and oxygen atoms in total. The number of amides is 1. The van der Waals surface area contributed by atoms with E-state index in [9.17, 15) is 9.90 Å². The Kier molecular flexibility index (Phi) is 6.38. The zero-order valence-electron chi connectivity index (χ0n) is 12.1. The van der Waals surface area contributed by atoms with E-state index < -0.39 is 6.10 Å². The van der Waals surface area contributed by atoms with Gasteiger partial charge in [0.05, 0.1) is 11.4 Å². The standard InChI is InChI=1S/C15H23NO2S/c1-5-16(6-2)15(18)12(4)19-14-9-7-13(8-10-14)11(3)17/h7-12,17H,5-6H2,1-4H3. The van der Waals surface area contributed by atoms with E-state index in [1.165, 1.54) is 0 Å². The first-order chi connectivity index (χ1) is 8.99. The Bertz CT molecular complexity index is 399. The van der Waals surface area contributed by atoms with Crippen LogP contribution in [0.1, 0.15) is 39.4 Å². The molecule has 4 heteroatoms. The maximum Gasteiger partial charge on any atom is 0.235 e. The van der Waals surface area contributed by atoms with Crippen LogP contribution in [-0.2, 0) is 4.79 Å². The average Bonchev–Trinajstić information content (AvgIpc) is 2.40. The molecule has 1 rings (SSSR count). The van der Waals surface area contributed by atoms with Crippen LogP contribution < -0.4 is 0 Å². The van der Waals surface area contributed by atoms with Gasteiger partial charge in [-0.3, -0.25) is 4.79 Å². The van der Waals surface area contributed by atoms with Gasteiger partial charge in [0.25, 0.3) is 0 Å². The molecule has 0 aliphatic heterocycles. The summed E-state index contributed by atoms with van der Waals surface area (Å²) >= 11 is 1.56. The number of carbonyl (C=O) groups excluding carboxylic acids is 1. The van der Waals surface area contributed by atoms with Crippen molar-refractivity contribution in [2.45, 2.75) is 43.9 Å². The second-order valence-electron chi connectivity index (χ2n) is 4.52. The normalized spacial score (nSPS) is 13.9. The second-order valence-corrected chi connectivity index (χ2v) is 5.93. The van der Waals surface area contributed by atoms with Crippen LogP contribution >= 0.6 is 11.8 Å². The van der Waals surface area contributed by atoms with Crippen LogP contribution in [0.2, 0.25) is 0 Å². The summed E-state index contributed by atoms with van der Waals surface area (Å²) in [5.74, 6) is 0.176. The summed E-state index contributed by atoms with van der Waals surface area (Å²) in [6, 6.07) is 7.72. The smallest absolute Gasteiger partial charge is 0.235 e. The highest BCUT2D eigenvalue weighted by Crippen LogP contribution is 2.26. The van der Waals surface area contributed by atoms with Gasteiger partial charge in [0.1, 0.15) is 0 Å². The Morgan fingerprint density at radius 1 is 1.21 bits per heavy atom. The molecule has 2 unspecified atom stereocenters. The molecule has 0 aliphatic rings. The number of hydrogen-bond acceptors (Lipinski definition) is 3. The Morgan fingerprint density at radius 3 is 2.16 bits per heavy atom. The molecule has 1 N–H and O–H groups in total. The maximum atomic E-state index is 12.1. The van der Waals surface area contributed by atoms with Crippen molar-refractivity contribution in [1.29, 1.82) is 0 Å². The number of rotatable bonds is 6. The Morgan fingerprint density at radius 2 is 1.74 bits per heavy atom. The van der Waals surface area contributed by atoms with Crippen LogP contribution in [0, 0.1) is 0 Å². The van der Waals surface area contributed by atoms with Crippen molar-refractivity contribution < 1.29 is 9.90 Å². The molecular formula is C15H23NO2S. The molecule has 19 heavy (non-hydrogen) atoms. The number of benzene rings is 1. The minimum atomic E-state index is -0.450. The SMILES string of the molecule is CCN(CC)C(=O)C(C)Sc1ccc(C(C)O)cc1. The minimum absolute atomic E-state index is 0.0858. The van der Waals surface area contributed by atoms with Crippen LogP contribution in [0.4, 0.5) is 0 Å². The molecular weight excluding hydrogens is 258 g/mol. The average molecular weight is 281 g/mol. The summed E-state index contributed by atoms with van der Waals surface area (Å²) < 4.78 is 0. The molecule has 0 fully saturated rings. The van der Waals surface area contributed by atoms with Gasteiger partial charge in [0, 0.05) is 18.0 Å². The first kappa shape index (κ1) is 16.1. The zero-order valence-corrected chi connectivity index (χ0v) is 12.9. The van der Waals surface area contributed by atoms with Crippen LogP contribution in [0.5, 0.6) is 0 Å². The fraction of sp³-hybridized carbons (Fsp3) is 0.533. The van der Waals surface area contributed by atoms with E-state index in [1.807, 2.05) is 49.9 Å². The van der Waals surface area contributed by atoms with Gasteiger partial charge in [-0.1, -0.05) is 12.1 Å². The summed E-state index contributed by atoms with van der Waals surface area (Å²) in [6.07, 6.45) is -0.450. The van der Waals surface area contributed by atoms with Crippen LogP contribution in [0.25, 0.3) is 0 Å². The highest BCUT2D eigenvalue weighted by molar-refractivity contribution is 8.00. The van der Waals surface area contributed by atoms with E-state index >= 15 is 0 Å². The highest BCUT2D eigenvalue weighted by atomic mass is 32.2. The largest absolute Gasteiger partial charge is 0.389 e. The van der Waals surface area contributed by atoms with Crippen LogP contribution in [0.15, 0.2) is 29.2 Å². The first-order valence-electron chi connectivity index (χ1n) is 6.73. The molecule has 0 aliphatic carbocycles. The first-order valence-corrected chi connectivity index (χ1v) is 7.61. The third kappa shape index (κ3) is 4.55. The molecule has 0 heterocycles. The van der Waals surface area contributed by atoms with Gasteiger partial charge in [0.2, 0.25) is 5.91 Å². The number of hydrogen-bond donors (Lipinski definition) is 1. The quantitative estimate of drug-likeness (QED) is 0.815. The molecule has 1 aromatic carbocycles. The number of carbonyl (C=O) groups is 1. The molecule has 0 bridgehead atoms. The van der Waals surface area contributed by atoms with Crippen molar-refractivity contribution in [2.24, 2.45) is 0 Å². The summed E-state index contributed by atoms with van der Waals surface area (Å²) in [7, 11) is 0. The summed E-state index contributed by atoms with van der Waals surface area (Å²) in [5, 5.41) is 9.37. The Balaban J connectivity index is 2.66. The van der Waals surface area contributed by atoms with E-state index in [4.69, 9.17) is 0 Å². The van der Waals surface area contributed by atoms with Crippen molar-refractivity contribution >= 4 is 17.7 Å². The van der Waals surface area contributed by atoms with Crippen molar-refractivity contribution in [3.63, 3.8) is 0 Å². The lowest BCUT2D eigenvalue weighted by Crippen LogP contribution is -2.36. The van der Waals surface area contributed by atoms with E-state index in [0.29, 0.717) is 0 Å². The van der Waals surface area contributed by atoms with Gasteiger partial charge < -0.3 is 10.0 Å². The van der Waals surface area contributed by atoms with Crippen LogP contribution in [-0.4, -0.2) is 34.3 Å². The van der Waals surface area contributed by atoms with Gasteiger partial charge in [0.15, 0.2) is 0 Å². The molecule has 0 aromatic heterocycles. The third-order valence-corrected chi connectivity index (χ3v) is 4.20. The molecule has 1 amide bonds. The predicted molar refractivity (Wildman–Crippen MR) is 80.3 cm³/mol. The molecule has 0 saturated heterocycles. The van der Waals surface area contributed by atoms with Gasteiger partial charge in [-0.25, -0.2) is 0 Å². The monoisotopic (exact) mass is 281 g/mol. The summed E-state index contributed by atoms with van der Waals surface area (Å²) in [5.41, 5.74) is 0.895. The molecule has 0 saturated carbocycles. The molecule has 2 atom stereocenters. The van der Waals surface area contributed by atoms with E-state index in [1.54, 1.807) is 18.7 Å². The fourth-order valence-electron chi connectivity index (χ4n) is 1.87. The van der Waals surface area contributed by atoms with E-state index in [-0.39, 0.29) is 11.2 Å². The number of nitrogens with zero attached hydrogens (tertiary/aromatic N) is 1. The lowest BCUT2D eigenvalue weighted by atomic mass is 10.1. The molecule has 0 radical (unpaired) electrons. The topological polar surface area (TPSA) is 40.5 Å². The minimum Gasteiger partial charge on any atom is -0.389 e. The van der Waals surface area contributed by atoms with E-state index in [0.717, 1.165) is 23.5 Å². The predicted octanol–water partition coefficient (Wildman–Crippen LogP) is 3.09. The third-order valence-electron chi connectivity index (χ3n) is 3.10. The van der Waals surface area contributed by atoms with Crippen molar-refractivity contribution in [3.05, 3.63) is 29.8 Å². The Labute approximate surface area is 120 Å². The van der Waals surface area contributed by atoms with Gasteiger partial charge in [-0.2, -0.15) is 0 Å². The Hall–Kier alpha value is -1.00. The highest BCUT2D eigenvalue weighted by Gasteiger charge is 2.19.